The molecule has 0 aliphatic heterocycles. The van der Waals surface area contributed by atoms with Gasteiger partial charge in [0.2, 0.25) is 5.82 Å². The van der Waals surface area contributed by atoms with Crippen molar-refractivity contribution in [2.45, 2.75) is 139 Å². The molecule has 1 unspecified atom stereocenters. The fourth-order valence-electron chi connectivity index (χ4n) is 14.1. The molecule has 296 valence electrons. The zero-order chi connectivity index (χ0) is 39.4. The van der Waals surface area contributed by atoms with Gasteiger partial charge in [-0.05, 0) is 115 Å². The number of esters is 1. The van der Waals surface area contributed by atoms with E-state index in [0.717, 1.165) is 50.5 Å². The molecule has 11 atom stereocenters. The van der Waals surface area contributed by atoms with E-state index in [9.17, 15) is 29.4 Å². The van der Waals surface area contributed by atoms with Gasteiger partial charge in [-0.1, -0.05) is 67.9 Å². The van der Waals surface area contributed by atoms with Gasteiger partial charge in [0.05, 0.1) is 17.9 Å². The number of ketones is 1. The van der Waals surface area contributed by atoms with E-state index in [1.54, 1.807) is 6.07 Å². The summed E-state index contributed by atoms with van der Waals surface area (Å²) in [6.07, 6.45) is 9.96. The zero-order valence-electron chi connectivity index (χ0n) is 34.0. The lowest BCUT2D eigenvalue weighted by atomic mass is 9.33. The van der Waals surface area contributed by atoms with Gasteiger partial charge in [0.15, 0.2) is 5.78 Å². The Kier molecular flexibility index (Phi) is 9.38. The summed E-state index contributed by atoms with van der Waals surface area (Å²) in [6, 6.07) is 1.65. The second kappa shape index (κ2) is 13.0. The van der Waals surface area contributed by atoms with Crippen molar-refractivity contribution in [1.82, 2.24) is 15.3 Å². The zero-order valence-corrected chi connectivity index (χ0v) is 34.0. The number of carbonyl (C=O) groups excluding carboxylic acids is 3. The number of aliphatic hydroxyl groups excluding tert-OH is 1. The lowest BCUT2D eigenvalue weighted by Gasteiger charge is -2.72. The number of carboxylic acids is 1. The third kappa shape index (κ3) is 5.41. The van der Waals surface area contributed by atoms with Gasteiger partial charge >= 0.3 is 11.9 Å². The van der Waals surface area contributed by atoms with Crippen LogP contribution in [0.3, 0.4) is 0 Å². The quantitative estimate of drug-likeness (QED) is 0.234. The van der Waals surface area contributed by atoms with Crippen LogP contribution in [0.4, 0.5) is 0 Å². The number of rotatable bonds is 8. The van der Waals surface area contributed by atoms with Crippen molar-refractivity contribution in [3.63, 3.8) is 0 Å². The normalized spacial score (nSPS) is 41.1. The van der Waals surface area contributed by atoms with Gasteiger partial charge in [0.1, 0.15) is 6.10 Å². The molecule has 3 N–H and O–H groups in total. The van der Waals surface area contributed by atoms with Crippen molar-refractivity contribution in [3.8, 4) is 0 Å². The molecule has 6 aliphatic rings. The topological polar surface area (TPSA) is 156 Å². The highest BCUT2D eigenvalue weighted by atomic mass is 16.5. The standard InChI is InChI=1S/C44H63N3O7/c1-24(2)33-28(48)22-44(31(49)23-47-36(50)35-45-19-10-20-46-35)18-17-42(8)25(34(33)44)11-12-30-41(7)15-14-32(40(5,6)29(41)13-16-43(30,42)9)54-38(53)27-21-26(37(51)52)39(27,3)4/h10,19-20,24-27,29-32,49H,11-18,21-23H2,1-9H3,(H,47,50)(H,51,52)/t25?,26-,27+,29-,30+,31-,32-,41-,42+,43+,44-/m0/s1. The van der Waals surface area contributed by atoms with E-state index in [2.05, 4.69) is 63.8 Å². The first-order valence-corrected chi connectivity index (χ1v) is 20.6. The van der Waals surface area contributed by atoms with E-state index in [1.807, 2.05) is 13.8 Å². The predicted molar refractivity (Wildman–Crippen MR) is 203 cm³/mol. The highest BCUT2D eigenvalue weighted by Crippen LogP contribution is 2.77. The molecular formula is C44H63N3O7. The first-order valence-electron chi connectivity index (χ1n) is 20.6. The van der Waals surface area contributed by atoms with Crippen LogP contribution in [0.2, 0.25) is 0 Å². The van der Waals surface area contributed by atoms with Crippen LogP contribution < -0.4 is 5.32 Å². The van der Waals surface area contributed by atoms with Crippen LogP contribution in [0.1, 0.15) is 137 Å². The molecule has 0 aromatic carbocycles. The average Bonchev–Trinajstić information content (AvgIpc) is 3.41. The predicted octanol–water partition coefficient (Wildman–Crippen LogP) is 7.21. The summed E-state index contributed by atoms with van der Waals surface area (Å²) < 4.78 is 6.39. The van der Waals surface area contributed by atoms with Crippen molar-refractivity contribution < 1.29 is 34.1 Å². The number of nitrogens with zero attached hydrogens (tertiary/aromatic N) is 2. The van der Waals surface area contributed by atoms with Gasteiger partial charge in [-0.3, -0.25) is 19.2 Å². The number of Topliss-reactive ketones (excluding diaryl/α,β-unsaturated/α-hetero) is 1. The smallest absolute Gasteiger partial charge is 0.309 e. The Morgan fingerprint density at radius 3 is 2.19 bits per heavy atom. The molecule has 54 heavy (non-hydrogen) atoms. The Labute approximate surface area is 321 Å². The maximum absolute atomic E-state index is 14.0. The number of allylic oxidation sites excluding steroid dienone is 1. The number of nitrogens with one attached hydrogen (secondary N) is 1. The van der Waals surface area contributed by atoms with E-state index in [4.69, 9.17) is 4.74 Å². The Hall–Kier alpha value is -3.14. The number of ether oxygens (including phenoxy) is 1. The SMILES string of the molecule is CC(C)C1=C2C3CC[C@@H]4[C@@]5(C)CC[C@H](OC(=O)[C@H]6C[C@@H](C(=O)O)C6(C)C)C(C)(C)[C@@H]5CC[C@@]4(C)[C@]3(C)CC[C@@]2([C@@H](O)CNC(=O)c2ncccn2)CC1=O. The molecule has 6 aliphatic carbocycles. The van der Waals surface area contributed by atoms with Crippen LogP contribution in [0.5, 0.6) is 0 Å². The Balaban J connectivity index is 1.14. The highest BCUT2D eigenvalue weighted by molar-refractivity contribution is 6.01. The van der Waals surface area contributed by atoms with Crippen LogP contribution in [-0.2, 0) is 19.1 Å². The van der Waals surface area contributed by atoms with Crippen LogP contribution in [0.15, 0.2) is 29.6 Å². The van der Waals surface area contributed by atoms with Crippen molar-refractivity contribution in [2.75, 3.05) is 6.54 Å². The Morgan fingerprint density at radius 1 is 0.870 bits per heavy atom. The number of aliphatic hydroxyl groups is 1. The van der Waals surface area contributed by atoms with Crippen LogP contribution in [0, 0.1) is 68.0 Å². The summed E-state index contributed by atoms with van der Waals surface area (Å²) in [5.74, 6) is -1.24. The Bertz CT molecular complexity index is 1750. The molecule has 1 aromatic heterocycles. The summed E-state index contributed by atoms with van der Waals surface area (Å²) in [4.78, 5) is 60.4. The summed E-state index contributed by atoms with van der Waals surface area (Å²) >= 11 is 0. The third-order valence-electron chi connectivity index (χ3n) is 17.4. The number of aromatic nitrogens is 2. The molecule has 0 spiro atoms. The lowest BCUT2D eigenvalue weighted by molar-refractivity contribution is -0.238. The Morgan fingerprint density at radius 2 is 1.56 bits per heavy atom. The molecule has 5 saturated carbocycles. The van der Waals surface area contributed by atoms with Crippen molar-refractivity contribution >= 4 is 23.6 Å². The van der Waals surface area contributed by atoms with Crippen LogP contribution >= 0.6 is 0 Å². The van der Waals surface area contributed by atoms with Crippen molar-refractivity contribution in [1.29, 1.82) is 0 Å². The first-order chi connectivity index (χ1) is 25.2. The molecule has 0 bridgehead atoms. The van der Waals surface area contributed by atoms with E-state index in [0.29, 0.717) is 24.7 Å². The molecule has 1 aromatic rings. The fourth-order valence-corrected chi connectivity index (χ4v) is 14.1. The molecule has 1 heterocycles. The first kappa shape index (κ1) is 39.1. The monoisotopic (exact) mass is 745 g/mol. The highest BCUT2D eigenvalue weighted by Gasteiger charge is 2.71. The molecule has 10 heteroatoms. The average molecular weight is 746 g/mol. The van der Waals surface area contributed by atoms with Gasteiger partial charge in [-0.2, -0.15) is 0 Å². The van der Waals surface area contributed by atoms with Crippen molar-refractivity contribution in [3.05, 3.63) is 35.4 Å². The minimum atomic E-state index is -0.914. The van der Waals surface area contributed by atoms with Gasteiger partial charge < -0.3 is 20.3 Å². The number of hydrogen-bond donors (Lipinski definition) is 3. The fraction of sp³-hybridized carbons (Fsp3) is 0.773. The van der Waals surface area contributed by atoms with Gasteiger partial charge in [0.25, 0.3) is 5.91 Å². The molecule has 7 rings (SSSR count). The molecule has 1 amide bonds. The number of hydrogen-bond acceptors (Lipinski definition) is 8. The summed E-state index contributed by atoms with van der Waals surface area (Å²) in [5.41, 5.74) is 0.448. The molecule has 0 saturated heterocycles. The summed E-state index contributed by atoms with van der Waals surface area (Å²) in [5, 5.41) is 24.6. The molecule has 0 radical (unpaired) electrons. The number of carboxylic acid groups (broad SMARTS) is 1. The van der Waals surface area contributed by atoms with Crippen molar-refractivity contribution in [2.24, 2.45) is 68.0 Å². The molecule has 5 fully saturated rings. The second-order valence-electron chi connectivity index (χ2n) is 20.4. The van der Waals surface area contributed by atoms with E-state index in [1.165, 1.54) is 18.0 Å². The van der Waals surface area contributed by atoms with Crippen LogP contribution in [0.25, 0.3) is 0 Å². The van der Waals surface area contributed by atoms with Gasteiger partial charge in [0, 0.05) is 36.2 Å². The van der Waals surface area contributed by atoms with Gasteiger partial charge in [-0.15, -0.1) is 0 Å². The van der Waals surface area contributed by atoms with E-state index < -0.39 is 40.6 Å². The molecule has 10 nitrogen and oxygen atoms in total. The summed E-state index contributed by atoms with van der Waals surface area (Å²) in [7, 11) is 0. The minimum absolute atomic E-state index is 0.000732. The van der Waals surface area contributed by atoms with Crippen LogP contribution in [-0.4, -0.2) is 62.6 Å². The maximum atomic E-state index is 14.0. The summed E-state index contributed by atoms with van der Waals surface area (Å²) in [6.45, 7) is 20.1. The number of aliphatic carboxylic acids is 1. The third-order valence-corrected chi connectivity index (χ3v) is 17.4. The largest absolute Gasteiger partial charge is 0.481 e. The molecular weight excluding hydrogens is 682 g/mol. The minimum Gasteiger partial charge on any atom is -0.481 e. The maximum Gasteiger partial charge on any atom is 0.309 e. The van der Waals surface area contributed by atoms with Gasteiger partial charge in [-0.25, -0.2) is 9.97 Å². The van der Waals surface area contributed by atoms with E-state index in [-0.39, 0.29) is 70.1 Å². The number of fused-ring (bicyclic) bond motifs is 7. The lowest BCUT2D eigenvalue weighted by Crippen LogP contribution is -2.66. The number of carbonyl (C=O) groups is 4. The second-order valence-corrected chi connectivity index (χ2v) is 20.4. The number of amides is 1. The van der Waals surface area contributed by atoms with E-state index >= 15 is 0 Å².